The smallest absolute Gasteiger partial charge is 0.397 e. The molecule has 14 heteroatoms. The molecule has 1 aromatic heterocycles. The SMILES string of the molecule is O=c1cc(-c2ccc(O)cc2)oc2c([C@@H]3O[C@H](CO)[C@@H](O)[C@H](O)[C@@H]3OS(=O)(=O)O)c(O)cc(O)c12. The zero-order valence-corrected chi connectivity index (χ0v) is 18.4. The maximum absolute atomic E-state index is 12.9. The number of phenolic OH excluding ortho intramolecular Hbond substituents is 3. The van der Waals surface area contributed by atoms with Gasteiger partial charge in [-0.15, -0.1) is 0 Å². The summed E-state index contributed by atoms with van der Waals surface area (Å²) in [5.74, 6) is -1.64. The summed E-state index contributed by atoms with van der Waals surface area (Å²) in [6.07, 6.45) is -9.36. The van der Waals surface area contributed by atoms with Crippen molar-refractivity contribution in [2.75, 3.05) is 6.61 Å². The lowest BCUT2D eigenvalue weighted by Gasteiger charge is -2.41. The summed E-state index contributed by atoms with van der Waals surface area (Å²) in [6.45, 7) is -0.854. The normalized spacial score (nSPS) is 25.1. The average Bonchev–Trinajstić information content (AvgIpc) is 2.77. The van der Waals surface area contributed by atoms with Crippen LogP contribution in [0.2, 0.25) is 0 Å². The standard InChI is InChI=1S/C21H20O13S/c22-7-14-17(27)18(28)21(34-35(29,30)31)20(33-14)16-11(25)5-10(24)15-12(26)6-13(32-19(15)16)8-1-3-9(23)4-2-8/h1-6,14,17-18,20-25,27-28H,7H2,(H,29,30,31)/t14-,17-,18+,20+,21+/m1/s1. The van der Waals surface area contributed by atoms with Crippen molar-refractivity contribution in [2.24, 2.45) is 0 Å². The van der Waals surface area contributed by atoms with Gasteiger partial charge in [-0.3, -0.25) is 9.35 Å². The summed E-state index contributed by atoms with van der Waals surface area (Å²) in [4.78, 5) is 12.9. The van der Waals surface area contributed by atoms with Crippen LogP contribution in [0, 0.1) is 0 Å². The highest BCUT2D eigenvalue weighted by molar-refractivity contribution is 7.80. The topological polar surface area (TPSA) is 224 Å². The Balaban J connectivity index is 2.00. The van der Waals surface area contributed by atoms with Gasteiger partial charge in [0.05, 0.1) is 12.2 Å². The molecule has 0 amide bonds. The van der Waals surface area contributed by atoms with Crippen molar-refractivity contribution in [3.63, 3.8) is 0 Å². The average molecular weight is 512 g/mol. The van der Waals surface area contributed by atoms with E-state index in [0.29, 0.717) is 5.56 Å². The highest BCUT2D eigenvalue weighted by atomic mass is 32.3. The summed E-state index contributed by atoms with van der Waals surface area (Å²) < 4.78 is 47.9. The summed E-state index contributed by atoms with van der Waals surface area (Å²) >= 11 is 0. The first-order valence-corrected chi connectivity index (χ1v) is 11.4. The number of hydrogen-bond acceptors (Lipinski definition) is 12. The van der Waals surface area contributed by atoms with E-state index >= 15 is 0 Å². The van der Waals surface area contributed by atoms with Crippen LogP contribution in [0.5, 0.6) is 17.2 Å². The number of hydrogen-bond donors (Lipinski definition) is 7. The van der Waals surface area contributed by atoms with E-state index in [1.807, 2.05) is 0 Å². The first kappa shape index (κ1) is 24.9. The minimum absolute atomic E-state index is 0.0729. The van der Waals surface area contributed by atoms with Crippen LogP contribution in [0.4, 0.5) is 0 Å². The molecular weight excluding hydrogens is 492 g/mol. The van der Waals surface area contributed by atoms with Gasteiger partial charge in [-0.1, -0.05) is 0 Å². The predicted octanol–water partition coefficient (Wildman–Crippen LogP) is -0.0812. The van der Waals surface area contributed by atoms with Crippen molar-refractivity contribution in [1.82, 2.24) is 0 Å². The Hall–Kier alpha value is -3.24. The van der Waals surface area contributed by atoms with Crippen molar-refractivity contribution in [3.05, 3.63) is 52.2 Å². The molecule has 0 bridgehead atoms. The molecule has 7 N–H and O–H groups in total. The lowest BCUT2D eigenvalue weighted by atomic mass is 9.89. The Morgan fingerprint density at radius 2 is 1.63 bits per heavy atom. The van der Waals surface area contributed by atoms with Gasteiger partial charge in [0.25, 0.3) is 0 Å². The minimum Gasteiger partial charge on any atom is -0.508 e. The van der Waals surface area contributed by atoms with Gasteiger partial charge in [-0.05, 0) is 24.3 Å². The first-order chi connectivity index (χ1) is 16.4. The van der Waals surface area contributed by atoms with Gasteiger partial charge in [0.2, 0.25) is 0 Å². The van der Waals surface area contributed by atoms with Gasteiger partial charge in [0.1, 0.15) is 58.9 Å². The molecule has 13 nitrogen and oxygen atoms in total. The predicted molar refractivity (Wildman–Crippen MR) is 116 cm³/mol. The molecule has 2 heterocycles. The van der Waals surface area contributed by atoms with Crippen LogP contribution in [0.25, 0.3) is 22.3 Å². The molecule has 1 fully saturated rings. The van der Waals surface area contributed by atoms with E-state index in [4.69, 9.17) is 9.15 Å². The summed E-state index contributed by atoms with van der Waals surface area (Å²) in [6, 6.07) is 7.21. The molecule has 2 aromatic carbocycles. The Labute approximate surface area is 196 Å². The van der Waals surface area contributed by atoms with Crippen molar-refractivity contribution < 1.29 is 56.9 Å². The third-order valence-electron chi connectivity index (χ3n) is 5.53. The van der Waals surface area contributed by atoms with Crippen molar-refractivity contribution >= 4 is 21.4 Å². The molecule has 0 spiro atoms. The zero-order chi connectivity index (χ0) is 25.7. The molecule has 0 aliphatic carbocycles. The molecule has 1 saturated heterocycles. The number of aliphatic hydroxyl groups excluding tert-OH is 3. The second-order valence-electron chi connectivity index (χ2n) is 7.80. The summed E-state index contributed by atoms with van der Waals surface area (Å²) in [7, 11) is -5.24. The molecule has 3 aromatic rings. The Bertz CT molecular complexity index is 1410. The van der Waals surface area contributed by atoms with Gasteiger partial charge in [-0.2, -0.15) is 8.42 Å². The Morgan fingerprint density at radius 3 is 2.23 bits per heavy atom. The number of ether oxygens (including phenoxy) is 1. The van der Waals surface area contributed by atoms with E-state index in [0.717, 1.165) is 12.1 Å². The molecule has 0 saturated carbocycles. The first-order valence-electron chi connectivity index (χ1n) is 10.0. The molecule has 1 aliphatic rings. The van der Waals surface area contributed by atoms with Crippen LogP contribution in [-0.2, 0) is 19.3 Å². The second kappa shape index (κ2) is 9.09. The molecule has 1 aliphatic heterocycles. The number of aromatic hydroxyl groups is 3. The highest BCUT2D eigenvalue weighted by Crippen LogP contribution is 2.44. The van der Waals surface area contributed by atoms with E-state index in [9.17, 15) is 48.4 Å². The van der Waals surface area contributed by atoms with Crippen molar-refractivity contribution in [1.29, 1.82) is 0 Å². The van der Waals surface area contributed by atoms with Gasteiger partial charge < -0.3 is 39.8 Å². The number of aliphatic hydroxyl groups is 3. The third kappa shape index (κ3) is 4.68. The zero-order valence-electron chi connectivity index (χ0n) is 17.5. The number of fused-ring (bicyclic) bond motifs is 1. The fourth-order valence-electron chi connectivity index (χ4n) is 3.94. The van der Waals surface area contributed by atoms with Crippen molar-refractivity contribution in [3.8, 4) is 28.6 Å². The monoisotopic (exact) mass is 512 g/mol. The molecule has 4 rings (SSSR count). The van der Waals surface area contributed by atoms with Crippen LogP contribution in [0.1, 0.15) is 11.7 Å². The minimum atomic E-state index is -5.24. The van der Waals surface area contributed by atoms with E-state index in [1.54, 1.807) is 0 Å². The molecule has 5 atom stereocenters. The van der Waals surface area contributed by atoms with Crippen LogP contribution >= 0.6 is 0 Å². The highest BCUT2D eigenvalue weighted by Gasteiger charge is 2.49. The molecule has 0 radical (unpaired) electrons. The van der Waals surface area contributed by atoms with Crippen LogP contribution in [0.15, 0.2) is 45.6 Å². The number of phenols is 3. The van der Waals surface area contributed by atoms with Crippen molar-refractivity contribution in [2.45, 2.75) is 30.5 Å². The number of rotatable bonds is 5. The van der Waals surface area contributed by atoms with E-state index in [-0.39, 0.29) is 11.5 Å². The second-order valence-corrected chi connectivity index (χ2v) is 8.85. The van der Waals surface area contributed by atoms with E-state index < -0.39 is 81.0 Å². The Morgan fingerprint density at radius 1 is 0.971 bits per heavy atom. The maximum Gasteiger partial charge on any atom is 0.397 e. The van der Waals surface area contributed by atoms with Crippen LogP contribution in [0.3, 0.4) is 0 Å². The largest absolute Gasteiger partial charge is 0.508 e. The van der Waals surface area contributed by atoms with E-state index in [2.05, 4.69) is 4.18 Å². The molecular formula is C21H20O13S. The molecule has 35 heavy (non-hydrogen) atoms. The lowest BCUT2D eigenvalue weighted by molar-refractivity contribution is -0.225. The maximum atomic E-state index is 12.9. The van der Waals surface area contributed by atoms with Gasteiger partial charge >= 0.3 is 10.4 Å². The Kier molecular flexibility index (Phi) is 6.46. The fourth-order valence-corrected chi connectivity index (χ4v) is 4.43. The van der Waals surface area contributed by atoms with Gasteiger partial charge in [0, 0.05) is 17.7 Å². The van der Waals surface area contributed by atoms with Crippen LogP contribution in [-0.4, -0.2) is 74.6 Å². The van der Waals surface area contributed by atoms with Gasteiger partial charge in [-0.25, -0.2) is 4.18 Å². The van der Waals surface area contributed by atoms with Gasteiger partial charge in [0.15, 0.2) is 11.0 Å². The number of benzene rings is 2. The summed E-state index contributed by atoms with van der Waals surface area (Å²) in [5.41, 5.74) is -1.45. The molecule has 188 valence electrons. The fraction of sp³-hybridized carbons (Fsp3) is 0.286. The third-order valence-corrected chi connectivity index (χ3v) is 6.00. The summed E-state index contributed by atoms with van der Waals surface area (Å²) in [5, 5.41) is 60.2. The van der Waals surface area contributed by atoms with E-state index in [1.165, 1.54) is 24.3 Å². The van der Waals surface area contributed by atoms with Crippen LogP contribution < -0.4 is 5.43 Å². The lowest BCUT2D eigenvalue weighted by Crippen LogP contribution is -2.56. The quantitative estimate of drug-likeness (QED) is 0.222. The molecule has 0 unspecified atom stereocenters.